The molecule has 4 saturated heterocycles. The van der Waals surface area contributed by atoms with Crippen molar-refractivity contribution in [2.45, 2.75) is 154 Å². The van der Waals surface area contributed by atoms with Crippen molar-refractivity contribution in [2.24, 2.45) is 23.7 Å². The van der Waals surface area contributed by atoms with Crippen molar-refractivity contribution >= 4 is 24.4 Å². The summed E-state index contributed by atoms with van der Waals surface area (Å²) in [7, 11) is 1.56. The van der Waals surface area contributed by atoms with Gasteiger partial charge in [-0.1, -0.05) is 88.4 Å². The van der Waals surface area contributed by atoms with Crippen LogP contribution in [0.3, 0.4) is 0 Å². The zero-order valence-corrected chi connectivity index (χ0v) is 36.0. The summed E-state index contributed by atoms with van der Waals surface area (Å²) in [5.74, 6) is -3.20. The number of aliphatic hydroxyl groups excluding tert-OH is 1. The summed E-state index contributed by atoms with van der Waals surface area (Å²) in [6.07, 6.45) is -8.97. The number of cyclic esters (lactones) is 3. The molecule has 6 unspecified atom stereocenters. The first-order valence-corrected chi connectivity index (χ1v) is 21.0. The first-order chi connectivity index (χ1) is 28.4. The van der Waals surface area contributed by atoms with Gasteiger partial charge >= 0.3 is 24.4 Å². The molecule has 4 heterocycles. The third-order valence-electron chi connectivity index (χ3n) is 12.8. The third-order valence-corrected chi connectivity index (χ3v) is 12.8. The Labute approximate surface area is 352 Å². The highest BCUT2D eigenvalue weighted by Gasteiger charge is 2.61. The second kappa shape index (κ2) is 18.7. The van der Waals surface area contributed by atoms with Gasteiger partial charge in [0.25, 0.3) is 0 Å². The number of ether oxygens (including phenoxy) is 9. The smallest absolute Gasteiger partial charge is 0.457 e. The number of nitrogens with zero attached hydrogens (tertiary/aromatic N) is 1. The van der Waals surface area contributed by atoms with Gasteiger partial charge < -0.3 is 52.6 Å². The molecule has 0 saturated carbocycles. The minimum absolute atomic E-state index is 0.0213. The lowest BCUT2D eigenvalue weighted by Gasteiger charge is -2.47. The van der Waals surface area contributed by atoms with E-state index in [4.69, 9.17) is 42.6 Å². The van der Waals surface area contributed by atoms with Gasteiger partial charge in [-0.2, -0.15) is 0 Å². The molecule has 0 radical (unpaired) electrons. The standard InChI is InChI=1S/C45H61NO14/c1-10-33-45(8,60-43(51)55-33)38-29(6)35-25(2)22-44(7,59-35)37(27(4)34(47)28(5)39(48)57-38)58-40-36(56-42(50)53-24-31-19-15-12-16-20-31)32(21-26(3)54-40)46(9)41(49)52-23-30-17-13-11-14-18-30/h11-20,25-29,32-38,40,47H,10,21-24H2,1-9H3/t25?,26?,27-,28+,29-,32?,33+,34+,35?,36?,37+,38+,40?,44+,45+/m0/s1. The van der Waals surface area contributed by atoms with Gasteiger partial charge in [-0.15, -0.1) is 0 Å². The average Bonchev–Trinajstić information content (AvgIpc) is 3.72. The van der Waals surface area contributed by atoms with E-state index in [1.165, 1.54) is 4.90 Å². The Bertz CT molecular complexity index is 1800. The van der Waals surface area contributed by atoms with E-state index in [9.17, 15) is 24.3 Å². The molecule has 6 rings (SSSR count). The largest absolute Gasteiger partial charge is 0.509 e. The molecule has 2 aromatic rings. The summed E-state index contributed by atoms with van der Waals surface area (Å²) in [6.45, 7) is 14.5. The van der Waals surface area contributed by atoms with Crippen molar-refractivity contribution in [1.82, 2.24) is 4.90 Å². The van der Waals surface area contributed by atoms with Crippen molar-refractivity contribution in [3.05, 3.63) is 71.8 Å². The number of hydrogen-bond donors (Lipinski definition) is 1. The topological polar surface area (TPSA) is 175 Å². The maximum absolute atomic E-state index is 14.0. The van der Waals surface area contributed by atoms with Crippen LogP contribution < -0.4 is 0 Å². The first-order valence-electron chi connectivity index (χ1n) is 21.0. The van der Waals surface area contributed by atoms with Crippen LogP contribution in [-0.4, -0.2) is 108 Å². The van der Waals surface area contributed by atoms with Crippen molar-refractivity contribution in [1.29, 1.82) is 0 Å². The fourth-order valence-electron chi connectivity index (χ4n) is 9.62. The summed E-state index contributed by atoms with van der Waals surface area (Å²) in [4.78, 5) is 55.1. The van der Waals surface area contributed by atoms with Gasteiger partial charge in [-0.3, -0.25) is 4.79 Å². The van der Waals surface area contributed by atoms with E-state index >= 15 is 0 Å². The number of hydrogen-bond acceptors (Lipinski definition) is 14. The fraction of sp³-hybridized carbons (Fsp3) is 0.644. The van der Waals surface area contributed by atoms with Gasteiger partial charge in [0, 0.05) is 18.9 Å². The molecule has 1 amide bonds. The van der Waals surface area contributed by atoms with E-state index in [0.717, 1.165) is 11.1 Å². The molecule has 0 spiro atoms. The van der Waals surface area contributed by atoms with E-state index in [1.807, 2.05) is 95.3 Å². The lowest BCUT2D eigenvalue weighted by atomic mass is 9.76. The summed E-state index contributed by atoms with van der Waals surface area (Å²) < 4.78 is 55.2. The highest BCUT2D eigenvalue weighted by atomic mass is 16.8. The van der Waals surface area contributed by atoms with Crippen LogP contribution in [0.2, 0.25) is 0 Å². The van der Waals surface area contributed by atoms with Crippen LogP contribution >= 0.6 is 0 Å². The van der Waals surface area contributed by atoms with Crippen LogP contribution in [0.4, 0.5) is 14.4 Å². The summed E-state index contributed by atoms with van der Waals surface area (Å²) in [5, 5.41) is 12.0. The Morgan fingerprint density at radius 1 is 0.883 bits per heavy atom. The monoisotopic (exact) mass is 839 g/mol. The Morgan fingerprint density at radius 2 is 1.50 bits per heavy atom. The quantitative estimate of drug-likeness (QED) is 0.192. The average molecular weight is 840 g/mol. The maximum atomic E-state index is 14.0. The number of rotatable bonds is 10. The highest BCUT2D eigenvalue weighted by Crippen LogP contribution is 2.49. The first kappa shape index (κ1) is 45.1. The van der Waals surface area contributed by atoms with E-state index < -0.39 is 108 Å². The number of carbonyl (C=O) groups excluding carboxylic acids is 4. The normalized spacial score (nSPS) is 38.1. The number of benzene rings is 2. The van der Waals surface area contributed by atoms with Crippen LogP contribution in [0.5, 0.6) is 0 Å². The zero-order valence-electron chi connectivity index (χ0n) is 36.0. The molecule has 15 heteroatoms. The van der Waals surface area contributed by atoms with E-state index in [2.05, 4.69) is 0 Å². The Balaban J connectivity index is 1.32. The van der Waals surface area contributed by atoms with E-state index in [1.54, 1.807) is 27.8 Å². The van der Waals surface area contributed by atoms with E-state index in [0.29, 0.717) is 12.8 Å². The zero-order chi connectivity index (χ0) is 43.5. The van der Waals surface area contributed by atoms with E-state index in [-0.39, 0.29) is 25.6 Å². The van der Waals surface area contributed by atoms with Crippen molar-refractivity contribution in [2.75, 3.05) is 7.05 Å². The Hall–Kier alpha value is -4.44. The molecular formula is C45H61NO14. The molecule has 2 aromatic carbocycles. The second-order valence-electron chi connectivity index (χ2n) is 17.4. The van der Waals surface area contributed by atoms with Gasteiger partial charge in [0.05, 0.1) is 42.0 Å². The minimum Gasteiger partial charge on any atom is -0.457 e. The van der Waals surface area contributed by atoms with Crippen molar-refractivity contribution in [3.63, 3.8) is 0 Å². The number of fused-ring (bicyclic) bond motifs is 2. The fourth-order valence-corrected chi connectivity index (χ4v) is 9.62. The maximum Gasteiger partial charge on any atom is 0.509 e. The van der Waals surface area contributed by atoms with Gasteiger partial charge in [0.15, 0.2) is 18.0 Å². The third kappa shape index (κ3) is 9.54. The molecule has 15 nitrogen and oxygen atoms in total. The van der Waals surface area contributed by atoms with Crippen LogP contribution in [0.15, 0.2) is 60.7 Å². The number of likely N-dealkylation sites (N-methyl/N-ethyl adjacent to an activating group) is 1. The Morgan fingerprint density at radius 3 is 2.12 bits per heavy atom. The van der Waals surface area contributed by atoms with Crippen molar-refractivity contribution in [3.8, 4) is 0 Å². The molecule has 4 fully saturated rings. The number of carbonyl (C=O) groups is 4. The van der Waals surface area contributed by atoms with Crippen LogP contribution in [0.25, 0.3) is 0 Å². The lowest BCUT2D eigenvalue weighted by Crippen LogP contribution is -2.61. The summed E-state index contributed by atoms with van der Waals surface area (Å²) in [6, 6.07) is 17.6. The summed E-state index contributed by atoms with van der Waals surface area (Å²) >= 11 is 0. The van der Waals surface area contributed by atoms with Gasteiger partial charge in [-0.25, -0.2) is 14.4 Å². The molecule has 2 bridgehead atoms. The minimum atomic E-state index is -1.34. The Kier molecular flexibility index (Phi) is 14.0. The lowest BCUT2D eigenvalue weighted by molar-refractivity contribution is -0.301. The van der Waals surface area contributed by atoms with Gasteiger partial charge in [0.1, 0.15) is 25.4 Å². The predicted molar refractivity (Wildman–Crippen MR) is 214 cm³/mol. The van der Waals surface area contributed by atoms with Crippen molar-refractivity contribution < 1.29 is 66.9 Å². The van der Waals surface area contributed by atoms with Gasteiger partial charge in [-0.05, 0) is 64.0 Å². The van der Waals surface area contributed by atoms with Crippen LogP contribution in [0, 0.1) is 23.7 Å². The molecular weight excluding hydrogens is 778 g/mol. The molecule has 4 aliphatic rings. The molecule has 1 N–H and O–H groups in total. The number of amides is 1. The SMILES string of the molecule is CC[C@H]1OC(=O)O[C@@]1(C)[C@@H]1OC(=O)[C@H](C)[C@H](O)[C@H](C)[C@@H](OC2OC(C)CC(N(C)C(=O)OCc3ccccc3)C2OC(=O)OCc2ccccc2)[C@@]2(C)CC(C)C(O2)[C@@H]1C. The summed E-state index contributed by atoms with van der Waals surface area (Å²) in [5.41, 5.74) is -0.905. The molecule has 0 aromatic heterocycles. The number of aliphatic hydroxyl groups is 1. The van der Waals surface area contributed by atoms with Gasteiger partial charge in [0.2, 0.25) is 0 Å². The molecule has 15 atom stereocenters. The number of esters is 1. The molecule has 0 aliphatic carbocycles. The molecule has 60 heavy (non-hydrogen) atoms. The second-order valence-corrected chi connectivity index (χ2v) is 17.4. The molecule has 4 aliphatic heterocycles. The van der Waals surface area contributed by atoms with Crippen LogP contribution in [-0.2, 0) is 60.6 Å². The predicted octanol–water partition coefficient (Wildman–Crippen LogP) is 6.95. The van der Waals surface area contributed by atoms with Crippen LogP contribution in [0.1, 0.15) is 85.8 Å². The highest BCUT2D eigenvalue weighted by molar-refractivity contribution is 5.73. The molecule has 330 valence electrons.